The molecular formula is C25H23Br2N3O5. The Balaban J connectivity index is 1.64. The number of hydrogen-bond donors (Lipinski definition) is 3. The molecule has 0 aromatic heterocycles. The van der Waals surface area contributed by atoms with Crippen LogP contribution in [0.1, 0.15) is 28.4 Å². The highest BCUT2D eigenvalue weighted by molar-refractivity contribution is 9.11. The lowest BCUT2D eigenvalue weighted by atomic mass is 10.2. The third-order valence-electron chi connectivity index (χ3n) is 4.70. The van der Waals surface area contributed by atoms with Gasteiger partial charge in [0.25, 0.3) is 11.8 Å². The van der Waals surface area contributed by atoms with Gasteiger partial charge in [-0.2, -0.15) is 5.10 Å². The first-order chi connectivity index (χ1) is 16.8. The van der Waals surface area contributed by atoms with Gasteiger partial charge < -0.3 is 19.9 Å². The number of aryl methyl sites for hydroxylation is 1. The smallest absolute Gasteiger partial charge is 0.275 e. The van der Waals surface area contributed by atoms with E-state index in [1.54, 1.807) is 24.3 Å². The third kappa shape index (κ3) is 7.30. The Kier molecular flexibility index (Phi) is 9.27. The highest BCUT2D eigenvalue weighted by Gasteiger charge is 2.15. The number of anilines is 1. The highest BCUT2D eigenvalue weighted by Crippen LogP contribution is 2.31. The minimum atomic E-state index is -0.578. The Morgan fingerprint density at radius 3 is 2.57 bits per heavy atom. The van der Waals surface area contributed by atoms with Gasteiger partial charge in [-0.1, -0.05) is 34.1 Å². The van der Waals surface area contributed by atoms with Gasteiger partial charge in [0, 0.05) is 10.2 Å². The lowest BCUT2D eigenvalue weighted by Gasteiger charge is -2.13. The van der Waals surface area contributed by atoms with Crippen LogP contribution in [0.25, 0.3) is 0 Å². The van der Waals surface area contributed by atoms with Gasteiger partial charge in [0.15, 0.2) is 18.1 Å². The van der Waals surface area contributed by atoms with E-state index in [-0.39, 0.29) is 23.8 Å². The second-order valence-corrected chi connectivity index (χ2v) is 9.04. The van der Waals surface area contributed by atoms with E-state index < -0.39 is 5.91 Å². The molecule has 0 aliphatic rings. The number of hydrazone groups is 1. The second-order valence-electron chi connectivity index (χ2n) is 7.27. The number of hydrogen-bond acceptors (Lipinski definition) is 6. The van der Waals surface area contributed by atoms with E-state index in [1.165, 1.54) is 12.3 Å². The first-order valence-electron chi connectivity index (χ1n) is 10.5. The molecule has 0 fully saturated rings. The van der Waals surface area contributed by atoms with Crippen LogP contribution in [0.5, 0.6) is 17.2 Å². The molecule has 8 nitrogen and oxygen atoms in total. The van der Waals surface area contributed by atoms with Gasteiger partial charge >= 0.3 is 0 Å². The number of phenols is 1. The van der Waals surface area contributed by atoms with Crippen LogP contribution in [0.2, 0.25) is 0 Å². The standard InChI is InChI=1S/C25H23Br2N3O5/c1-3-34-22-10-16(13-28-30-25(33)18-11-17(26)12-19(27)24(18)32)8-9-21(22)35-14-23(31)29-20-7-5-4-6-15(20)2/h4-13,32H,3,14H2,1-2H3,(H,29,31)(H,30,33)/b28-13-. The number of ether oxygens (including phenoxy) is 2. The molecule has 3 rings (SSSR count). The summed E-state index contributed by atoms with van der Waals surface area (Å²) in [5.74, 6) is -0.229. The van der Waals surface area contributed by atoms with Crippen molar-refractivity contribution in [3.63, 3.8) is 0 Å². The van der Waals surface area contributed by atoms with Crippen LogP contribution in [0, 0.1) is 6.92 Å². The zero-order valence-corrected chi connectivity index (χ0v) is 22.1. The highest BCUT2D eigenvalue weighted by atomic mass is 79.9. The summed E-state index contributed by atoms with van der Waals surface area (Å²) in [6, 6.07) is 15.6. The monoisotopic (exact) mass is 603 g/mol. The van der Waals surface area contributed by atoms with Crippen LogP contribution in [0.3, 0.4) is 0 Å². The Morgan fingerprint density at radius 1 is 1.06 bits per heavy atom. The molecule has 182 valence electrons. The zero-order chi connectivity index (χ0) is 25.4. The molecule has 0 unspecified atom stereocenters. The number of benzene rings is 3. The van der Waals surface area contributed by atoms with E-state index in [0.717, 1.165) is 11.3 Å². The summed E-state index contributed by atoms with van der Waals surface area (Å²) in [7, 11) is 0. The molecule has 0 spiro atoms. The number of aromatic hydroxyl groups is 1. The molecule has 0 aliphatic carbocycles. The molecule has 10 heteroatoms. The van der Waals surface area contributed by atoms with E-state index in [0.29, 0.717) is 32.6 Å². The minimum Gasteiger partial charge on any atom is -0.506 e. The van der Waals surface area contributed by atoms with E-state index in [9.17, 15) is 14.7 Å². The molecule has 3 aromatic carbocycles. The molecule has 3 N–H and O–H groups in total. The largest absolute Gasteiger partial charge is 0.506 e. The fourth-order valence-corrected chi connectivity index (χ4v) is 4.23. The van der Waals surface area contributed by atoms with Crippen LogP contribution in [0.15, 0.2) is 68.6 Å². The van der Waals surface area contributed by atoms with Crippen molar-refractivity contribution in [1.82, 2.24) is 5.43 Å². The number of halogens is 2. The Bertz CT molecular complexity index is 1260. The Labute approximate surface area is 219 Å². The summed E-state index contributed by atoms with van der Waals surface area (Å²) in [5.41, 5.74) is 4.75. The van der Waals surface area contributed by atoms with E-state index >= 15 is 0 Å². The lowest BCUT2D eigenvalue weighted by molar-refractivity contribution is -0.118. The third-order valence-corrected chi connectivity index (χ3v) is 5.76. The molecule has 0 atom stereocenters. The number of para-hydroxylation sites is 1. The predicted molar refractivity (Wildman–Crippen MR) is 141 cm³/mol. The molecule has 3 aromatic rings. The van der Waals surface area contributed by atoms with Gasteiger partial charge in [-0.3, -0.25) is 9.59 Å². The van der Waals surface area contributed by atoms with E-state index in [1.807, 2.05) is 38.1 Å². The first-order valence-corrected chi connectivity index (χ1v) is 12.1. The van der Waals surface area contributed by atoms with Crippen molar-refractivity contribution in [3.05, 3.63) is 80.2 Å². The summed E-state index contributed by atoms with van der Waals surface area (Å²) in [5, 5.41) is 16.8. The quantitative estimate of drug-likeness (QED) is 0.224. The van der Waals surface area contributed by atoms with Gasteiger partial charge in [-0.05, 0) is 77.3 Å². The second kappa shape index (κ2) is 12.4. The maximum Gasteiger partial charge on any atom is 0.275 e. The summed E-state index contributed by atoms with van der Waals surface area (Å²) in [4.78, 5) is 24.7. The average Bonchev–Trinajstić information content (AvgIpc) is 2.82. The van der Waals surface area contributed by atoms with Gasteiger partial charge in [0.2, 0.25) is 0 Å². The predicted octanol–water partition coefficient (Wildman–Crippen LogP) is 5.41. The zero-order valence-electron chi connectivity index (χ0n) is 19.0. The molecule has 35 heavy (non-hydrogen) atoms. The van der Waals surface area contributed by atoms with Gasteiger partial charge in [-0.25, -0.2) is 5.43 Å². The molecule has 0 saturated heterocycles. The first kappa shape index (κ1) is 26.2. The average molecular weight is 605 g/mol. The van der Waals surface area contributed by atoms with Crippen LogP contribution >= 0.6 is 31.9 Å². The van der Waals surface area contributed by atoms with Crippen molar-refractivity contribution in [1.29, 1.82) is 0 Å². The molecule has 0 aliphatic heterocycles. The van der Waals surface area contributed by atoms with E-state index in [4.69, 9.17) is 9.47 Å². The lowest BCUT2D eigenvalue weighted by Crippen LogP contribution is -2.20. The maximum absolute atomic E-state index is 12.4. The summed E-state index contributed by atoms with van der Waals surface area (Å²) < 4.78 is 12.3. The number of carbonyl (C=O) groups excluding carboxylic acids is 2. The van der Waals surface area contributed by atoms with Crippen LogP contribution in [-0.4, -0.2) is 36.3 Å². The minimum absolute atomic E-state index is 0.0612. The fourth-order valence-electron chi connectivity index (χ4n) is 3.00. The Hall–Kier alpha value is -3.37. The normalized spacial score (nSPS) is 10.7. The topological polar surface area (TPSA) is 109 Å². The van der Waals surface area contributed by atoms with Crippen molar-refractivity contribution in [2.45, 2.75) is 13.8 Å². The molecule has 0 heterocycles. The molecule has 0 radical (unpaired) electrons. The maximum atomic E-state index is 12.4. The van der Waals surface area contributed by atoms with E-state index in [2.05, 4.69) is 47.7 Å². The fraction of sp³-hybridized carbons (Fsp3) is 0.160. The van der Waals surface area contributed by atoms with Gasteiger partial charge in [0.1, 0.15) is 5.75 Å². The summed E-state index contributed by atoms with van der Waals surface area (Å²) in [6.07, 6.45) is 1.43. The number of amides is 2. The van der Waals surface area contributed by atoms with Crippen molar-refractivity contribution >= 4 is 55.6 Å². The number of nitrogens with one attached hydrogen (secondary N) is 2. The molecule has 0 bridgehead atoms. The van der Waals surface area contributed by atoms with Crippen LogP contribution < -0.4 is 20.2 Å². The molecule has 0 saturated carbocycles. The summed E-state index contributed by atoms with van der Waals surface area (Å²) in [6.45, 7) is 3.94. The van der Waals surface area contributed by atoms with Crippen LogP contribution in [-0.2, 0) is 4.79 Å². The van der Waals surface area contributed by atoms with Crippen molar-refractivity contribution < 1.29 is 24.2 Å². The summed E-state index contributed by atoms with van der Waals surface area (Å²) >= 11 is 6.47. The number of nitrogens with zero attached hydrogens (tertiary/aromatic N) is 1. The van der Waals surface area contributed by atoms with Crippen molar-refractivity contribution in [3.8, 4) is 17.2 Å². The van der Waals surface area contributed by atoms with Gasteiger partial charge in [-0.15, -0.1) is 0 Å². The number of carbonyl (C=O) groups is 2. The molecular weight excluding hydrogens is 582 g/mol. The molecule has 2 amide bonds. The van der Waals surface area contributed by atoms with Crippen molar-refractivity contribution in [2.75, 3.05) is 18.5 Å². The Morgan fingerprint density at radius 2 is 1.83 bits per heavy atom. The SMILES string of the molecule is CCOc1cc(/C=N\NC(=O)c2cc(Br)cc(Br)c2O)ccc1OCC(=O)Nc1ccccc1C. The van der Waals surface area contributed by atoms with Crippen molar-refractivity contribution in [2.24, 2.45) is 5.10 Å². The van der Waals surface area contributed by atoms with Gasteiger partial charge in [0.05, 0.1) is 22.9 Å². The number of phenolic OH excluding ortho intramolecular Hbond substituents is 1. The number of rotatable bonds is 9. The van der Waals surface area contributed by atoms with Crippen LogP contribution in [0.4, 0.5) is 5.69 Å².